The van der Waals surface area contributed by atoms with E-state index in [0.29, 0.717) is 23.2 Å². The Bertz CT molecular complexity index is 1160. The van der Waals surface area contributed by atoms with Crippen LogP contribution in [0.1, 0.15) is 44.9 Å². The molecule has 1 amide bonds. The van der Waals surface area contributed by atoms with Crippen LogP contribution in [0, 0.1) is 5.92 Å². The van der Waals surface area contributed by atoms with E-state index in [0.717, 1.165) is 29.9 Å². The van der Waals surface area contributed by atoms with E-state index in [4.69, 9.17) is 4.74 Å². The van der Waals surface area contributed by atoms with E-state index in [1.165, 1.54) is 44.9 Å². The molecule has 0 atom stereocenters. The van der Waals surface area contributed by atoms with Crippen LogP contribution in [0.3, 0.4) is 0 Å². The second-order valence-corrected chi connectivity index (χ2v) is 9.08. The highest BCUT2D eigenvalue weighted by Gasteiger charge is 2.16. The number of rotatable bonds is 8. The highest BCUT2D eigenvalue weighted by atomic mass is 16.5. The van der Waals surface area contributed by atoms with Gasteiger partial charge in [-0.1, -0.05) is 32.1 Å². The molecule has 3 aromatic rings. The first kappa shape index (κ1) is 23.3. The summed E-state index contributed by atoms with van der Waals surface area (Å²) >= 11 is 0. The minimum absolute atomic E-state index is 0.0611. The lowest BCUT2D eigenvalue weighted by molar-refractivity contribution is -0.121. The van der Waals surface area contributed by atoms with Crippen molar-refractivity contribution in [3.63, 3.8) is 0 Å². The molecule has 1 saturated carbocycles. The zero-order valence-electron chi connectivity index (χ0n) is 19.7. The molecular formula is C25H35N5O3. The fraction of sp³-hybridized carbons (Fsp3) is 0.560. The summed E-state index contributed by atoms with van der Waals surface area (Å²) in [5.74, 6) is 1.32. The molecular weight excluding hydrogens is 418 g/mol. The summed E-state index contributed by atoms with van der Waals surface area (Å²) in [7, 11) is 3.35. The normalized spacial score (nSPS) is 15.5. The molecule has 1 aliphatic rings. The first-order valence-electron chi connectivity index (χ1n) is 12.1. The molecule has 2 heterocycles. The van der Waals surface area contributed by atoms with Crippen LogP contribution in [0.4, 0.5) is 0 Å². The number of aryl methyl sites for hydroxylation is 1. The van der Waals surface area contributed by atoms with Crippen molar-refractivity contribution in [1.82, 2.24) is 25.0 Å². The van der Waals surface area contributed by atoms with Gasteiger partial charge in [-0.25, -0.2) is 0 Å². The number of carbonyl (C=O) groups is 1. The van der Waals surface area contributed by atoms with Gasteiger partial charge < -0.3 is 19.9 Å². The van der Waals surface area contributed by atoms with Crippen molar-refractivity contribution in [2.45, 2.75) is 51.5 Å². The van der Waals surface area contributed by atoms with Crippen molar-refractivity contribution in [3.05, 3.63) is 34.7 Å². The number of carbonyl (C=O) groups excluding carboxylic acids is 1. The van der Waals surface area contributed by atoms with E-state index in [2.05, 4.69) is 15.7 Å². The van der Waals surface area contributed by atoms with Gasteiger partial charge in [-0.05, 0) is 43.5 Å². The molecule has 2 aromatic heterocycles. The Balaban J connectivity index is 1.37. The number of pyridine rings is 1. The molecule has 1 fully saturated rings. The van der Waals surface area contributed by atoms with E-state index in [1.54, 1.807) is 29.6 Å². The minimum atomic E-state index is -0.132. The first-order valence-corrected chi connectivity index (χ1v) is 12.1. The van der Waals surface area contributed by atoms with Gasteiger partial charge in [0.2, 0.25) is 5.91 Å². The fourth-order valence-electron chi connectivity index (χ4n) is 4.89. The number of hydrogen-bond donors (Lipinski definition) is 2. The Morgan fingerprint density at radius 3 is 2.64 bits per heavy atom. The number of nitrogens with one attached hydrogen (secondary N) is 2. The van der Waals surface area contributed by atoms with E-state index >= 15 is 0 Å². The SMILES string of the molecule is COc1ccc2c(c1)c1c(cnn1CC(=O)NCCNCC1CCCCCCC1)c(=O)n2C. The zero-order chi connectivity index (χ0) is 23.2. The topological polar surface area (TPSA) is 90.2 Å². The third-order valence-electron chi connectivity index (χ3n) is 6.77. The minimum Gasteiger partial charge on any atom is -0.497 e. The van der Waals surface area contributed by atoms with Crippen LogP contribution < -0.4 is 20.9 Å². The van der Waals surface area contributed by atoms with E-state index in [9.17, 15) is 9.59 Å². The van der Waals surface area contributed by atoms with Gasteiger partial charge in [0.25, 0.3) is 5.56 Å². The highest BCUT2D eigenvalue weighted by molar-refractivity contribution is 6.04. The molecule has 0 bridgehead atoms. The van der Waals surface area contributed by atoms with Crippen LogP contribution in [0.2, 0.25) is 0 Å². The molecule has 33 heavy (non-hydrogen) atoms. The van der Waals surface area contributed by atoms with Gasteiger partial charge in [0.1, 0.15) is 12.3 Å². The van der Waals surface area contributed by atoms with Gasteiger partial charge in [-0.3, -0.25) is 14.3 Å². The van der Waals surface area contributed by atoms with Crippen molar-refractivity contribution in [3.8, 4) is 5.75 Å². The monoisotopic (exact) mass is 453 g/mol. The van der Waals surface area contributed by atoms with Crippen molar-refractivity contribution in [1.29, 1.82) is 0 Å². The Kier molecular flexibility index (Phi) is 7.65. The molecule has 0 spiro atoms. The second kappa shape index (κ2) is 10.8. The molecule has 0 radical (unpaired) electrons. The maximum absolute atomic E-state index is 12.8. The number of nitrogens with zero attached hydrogens (tertiary/aromatic N) is 3. The van der Waals surface area contributed by atoms with Crippen molar-refractivity contribution < 1.29 is 9.53 Å². The van der Waals surface area contributed by atoms with E-state index in [-0.39, 0.29) is 18.0 Å². The second-order valence-electron chi connectivity index (χ2n) is 9.08. The lowest BCUT2D eigenvalue weighted by Crippen LogP contribution is -2.35. The van der Waals surface area contributed by atoms with Gasteiger partial charge in [0.15, 0.2) is 0 Å². The number of methoxy groups -OCH3 is 1. The molecule has 0 aliphatic heterocycles. The summed E-state index contributed by atoms with van der Waals surface area (Å²) in [6.45, 7) is 2.41. The largest absolute Gasteiger partial charge is 0.497 e. The van der Waals surface area contributed by atoms with Gasteiger partial charge >= 0.3 is 0 Å². The lowest BCUT2D eigenvalue weighted by Gasteiger charge is -2.20. The van der Waals surface area contributed by atoms with Crippen LogP contribution in [-0.4, -0.2) is 47.0 Å². The molecule has 8 nitrogen and oxygen atoms in total. The summed E-state index contributed by atoms with van der Waals surface area (Å²) in [6.07, 6.45) is 10.9. The molecule has 178 valence electrons. The number of fused-ring (bicyclic) bond motifs is 3. The number of ether oxygens (including phenoxy) is 1. The molecule has 1 aliphatic carbocycles. The quantitative estimate of drug-likeness (QED) is 0.512. The number of benzene rings is 1. The van der Waals surface area contributed by atoms with Crippen molar-refractivity contribution in [2.24, 2.45) is 13.0 Å². The Morgan fingerprint density at radius 1 is 1.12 bits per heavy atom. The van der Waals surface area contributed by atoms with Crippen molar-refractivity contribution >= 4 is 27.7 Å². The maximum atomic E-state index is 12.8. The molecule has 4 rings (SSSR count). The van der Waals surface area contributed by atoms with Crippen molar-refractivity contribution in [2.75, 3.05) is 26.7 Å². The smallest absolute Gasteiger partial charge is 0.261 e. The van der Waals surface area contributed by atoms with Crippen LogP contribution in [-0.2, 0) is 18.4 Å². The fourth-order valence-corrected chi connectivity index (χ4v) is 4.89. The standard InChI is InChI=1S/C25H35N5O3/c1-29-22-11-10-19(33-2)14-20(22)24-21(25(29)32)16-28-30(24)17-23(31)27-13-12-26-15-18-8-6-4-3-5-7-9-18/h10-11,14,16,18,26H,3-9,12-13,15,17H2,1-2H3,(H,27,31). The molecule has 0 saturated heterocycles. The molecule has 8 heteroatoms. The Morgan fingerprint density at radius 2 is 1.88 bits per heavy atom. The first-order chi connectivity index (χ1) is 16.1. The van der Waals surface area contributed by atoms with Gasteiger partial charge in [-0.2, -0.15) is 5.10 Å². The average molecular weight is 454 g/mol. The summed E-state index contributed by atoms with van der Waals surface area (Å²) < 4.78 is 8.58. The highest BCUT2D eigenvalue weighted by Crippen LogP contribution is 2.26. The Labute approximate surface area is 194 Å². The van der Waals surface area contributed by atoms with Crippen LogP contribution >= 0.6 is 0 Å². The molecule has 1 aromatic carbocycles. The number of hydrogen-bond acceptors (Lipinski definition) is 5. The summed E-state index contributed by atoms with van der Waals surface area (Å²) in [4.78, 5) is 25.4. The predicted molar refractivity (Wildman–Crippen MR) is 131 cm³/mol. The number of aromatic nitrogens is 3. The van der Waals surface area contributed by atoms with Gasteiger partial charge in [0.05, 0.1) is 29.7 Å². The third kappa shape index (κ3) is 5.38. The maximum Gasteiger partial charge on any atom is 0.261 e. The van der Waals surface area contributed by atoms with E-state index < -0.39 is 0 Å². The Hall–Kier alpha value is -2.87. The van der Waals surface area contributed by atoms with Crippen LogP contribution in [0.5, 0.6) is 5.75 Å². The summed E-state index contributed by atoms with van der Waals surface area (Å²) in [6, 6.07) is 5.56. The summed E-state index contributed by atoms with van der Waals surface area (Å²) in [5, 5.41) is 12.1. The summed E-state index contributed by atoms with van der Waals surface area (Å²) in [5.41, 5.74) is 1.30. The van der Waals surface area contributed by atoms with E-state index in [1.807, 2.05) is 18.2 Å². The third-order valence-corrected chi connectivity index (χ3v) is 6.77. The predicted octanol–water partition coefficient (Wildman–Crippen LogP) is 2.96. The average Bonchev–Trinajstić information content (AvgIpc) is 3.21. The zero-order valence-corrected chi connectivity index (χ0v) is 19.7. The lowest BCUT2D eigenvalue weighted by atomic mass is 9.91. The molecule has 2 N–H and O–H groups in total. The van der Waals surface area contributed by atoms with Gasteiger partial charge in [-0.15, -0.1) is 0 Å². The van der Waals surface area contributed by atoms with Crippen LogP contribution in [0.15, 0.2) is 29.2 Å². The molecule has 0 unspecified atom stereocenters. The number of amides is 1. The van der Waals surface area contributed by atoms with Gasteiger partial charge in [0, 0.05) is 25.5 Å². The van der Waals surface area contributed by atoms with Crippen LogP contribution in [0.25, 0.3) is 21.8 Å².